The number of nitrogens with zero attached hydrogens (tertiary/aromatic N) is 2. The quantitative estimate of drug-likeness (QED) is 0.916. The molecule has 0 aliphatic carbocycles. The smallest absolute Gasteiger partial charge is 0.268 e. The molecule has 2 heterocycles. The standard InChI is InChI=1S/C17H19Cl2N3O/c1-21-7-3-4-12-8-11(5-6-14(12)21)10-20-17(23)15-9-13(18)16(19)22(15)2/h5-6,8-9H,3-4,7,10H2,1-2H3,(H,20,23). The van der Waals surface area contributed by atoms with Crippen molar-refractivity contribution in [3.8, 4) is 0 Å². The molecule has 1 aliphatic heterocycles. The highest BCUT2D eigenvalue weighted by atomic mass is 35.5. The first kappa shape index (κ1) is 16.2. The highest BCUT2D eigenvalue weighted by Crippen LogP contribution is 2.27. The molecule has 0 saturated heterocycles. The molecule has 1 aromatic carbocycles. The van der Waals surface area contributed by atoms with E-state index in [4.69, 9.17) is 23.2 Å². The van der Waals surface area contributed by atoms with Gasteiger partial charge in [-0.1, -0.05) is 35.3 Å². The second-order valence-electron chi connectivity index (χ2n) is 5.90. The van der Waals surface area contributed by atoms with Gasteiger partial charge in [0.25, 0.3) is 5.91 Å². The Hall–Kier alpha value is -1.65. The van der Waals surface area contributed by atoms with Gasteiger partial charge in [0.2, 0.25) is 0 Å². The van der Waals surface area contributed by atoms with Crippen LogP contribution < -0.4 is 10.2 Å². The first-order valence-corrected chi connectivity index (χ1v) is 8.35. The Morgan fingerprint density at radius 2 is 2.04 bits per heavy atom. The monoisotopic (exact) mass is 351 g/mol. The summed E-state index contributed by atoms with van der Waals surface area (Å²) in [7, 11) is 3.83. The minimum Gasteiger partial charge on any atom is -0.374 e. The van der Waals surface area contributed by atoms with Crippen LogP contribution in [0.25, 0.3) is 0 Å². The number of nitrogens with one attached hydrogen (secondary N) is 1. The summed E-state index contributed by atoms with van der Waals surface area (Å²) in [6, 6.07) is 7.95. The van der Waals surface area contributed by atoms with E-state index in [1.165, 1.54) is 17.7 Å². The van der Waals surface area contributed by atoms with Gasteiger partial charge in [0.1, 0.15) is 10.8 Å². The molecule has 0 spiro atoms. The minimum atomic E-state index is -0.184. The minimum absolute atomic E-state index is 0.184. The van der Waals surface area contributed by atoms with Crippen LogP contribution in [0.4, 0.5) is 5.69 Å². The fraction of sp³-hybridized carbons (Fsp3) is 0.353. The number of benzene rings is 1. The molecule has 0 saturated carbocycles. The molecule has 0 unspecified atom stereocenters. The molecular weight excluding hydrogens is 333 g/mol. The Kier molecular flexibility index (Phi) is 4.55. The van der Waals surface area contributed by atoms with Crippen LogP contribution in [0.15, 0.2) is 24.3 Å². The molecule has 2 aromatic rings. The molecule has 122 valence electrons. The number of aryl methyl sites for hydroxylation is 1. The lowest BCUT2D eigenvalue weighted by molar-refractivity contribution is 0.0943. The zero-order valence-corrected chi connectivity index (χ0v) is 14.7. The van der Waals surface area contributed by atoms with Crippen molar-refractivity contribution in [2.75, 3.05) is 18.5 Å². The summed E-state index contributed by atoms with van der Waals surface area (Å²) in [4.78, 5) is 14.6. The van der Waals surface area contributed by atoms with Gasteiger partial charge in [-0.25, -0.2) is 0 Å². The van der Waals surface area contributed by atoms with Crippen molar-refractivity contribution in [3.05, 3.63) is 51.3 Å². The summed E-state index contributed by atoms with van der Waals surface area (Å²) in [5.41, 5.74) is 4.18. The van der Waals surface area contributed by atoms with Gasteiger partial charge in [0.05, 0.1) is 5.02 Å². The molecular formula is C17H19Cl2N3O. The lowest BCUT2D eigenvalue weighted by Crippen LogP contribution is -2.26. The third-order valence-corrected chi connectivity index (χ3v) is 5.14. The second-order valence-corrected chi connectivity index (χ2v) is 6.66. The molecule has 1 amide bonds. The second kappa shape index (κ2) is 6.46. The van der Waals surface area contributed by atoms with Gasteiger partial charge in [-0.05, 0) is 36.1 Å². The highest BCUT2D eigenvalue weighted by Gasteiger charge is 2.16. The SMILES string of the molecule is CN1CCCc2cc(CNC(=O)c3cc(Cl)c(Cl)n3C)ccc21. The van der Waals surface area contributed by atoms with E-state index in [1.54, 1.807) is 17.7 Å². The van der Waals surface area contributed by atoms with E-state index in [9.17, 15) is 4.79 Å². The van der Waals surface area contributed by atoms with Gasteiger partial charge >= 0.3 is 0 Å². The van der Waals surface area contributed by atoms with Crippen molar-refractivity contribution in [2.24, 2.45) is 7.05 Å². The fourth-order valence-electron chi connectivity index (χ4n) is 2.98. The van der Waals surface area contributed by atoms with E-state index >= 15 is 0 Å². The predicted molar refractivity (Wildman–Crippen MR) is 94.6 cm³/mol. The Bertz CT molecular complexity index is 755. The van der Waals surface area contributed by atoms with Crippen LogP contribution in [-0.4, -0.2) is 24.1 Å². The fourth-order valence-corrected chi connectivity index (χ4v) is 3.36. The molecule has 0 radical (unpaired) electrons. The first-order chi connectivity index (χ1) is 11.0. The van der Waals surface area contributed by atoms with Gasteiger partial charge in [0.15, 0.2) is 0 Å². The number of anilines is 1. The number of carbonyl (C=O) groups excluding carboxylic acids is 1. The van der Waals surface area contributed by atoms with Crippen LogP contribution in [-0.2, 0) is 20.0 Å². The maximum Gasteiger partial charge on any atom is 0.268 e. The normalized spacial score (nSPS) is 13.8. The largest absolute Gasteiger partial charge is 0.374 e. The molecule has 0 bridgehead atoms. The van der Waals surface area contributed by atoms with Crippen molar-refractivity contribution < 1.29 is 4.79 Å². The van der Waals surface area contributed by atoms with E-state index in [0.29, 0.717) is 22.4 Å². The van der Waals surface area contributed by atoms with E-state index in [-0.39, 0.29) is 5.91 Å². The van der Waals surface area contributed by atoms with Crippen molar-refractivity contribution >= 4 is 34.8 Å². The molecule has 0 atom stereocenters. The molecule has 6 heteroatoms. The molecule has 4 nitrogen and oxygen atoms in total. The van der Waals surface area contributed by atoms with Crippen LogP contribution in [0.5, 0.6) is 0 Å². The number of halogens is 2. The van der Waals surface area contributed by atoms with E-state index < -0.39 is 0 Å². The van der Waals surface area contributed by atoms with E-state index in [1.807, 2.05) is 0 Å². The molecule has 23 heavy (non-hydrogen) atoms. The number of fused-ring (bicyclic) bond motifs is 1. The van der Waals surface area contributed by atoms with E-state index in [0.717, 1.165) is 18.5 Å². The number of aromatic nitrogens is 1. The first-order valence-electron chi connectivity index (χ1n) is 7.59. The molecule has 3 rings (SSSR count). The lowest BCUT2D eigenvalue weighted by atomic mass is 9.99. The van der Waals surface area contributed by atoms with Crippen LogP contribution in [0.2, 0.25) is 10.2 Å². The zero-order chi connectivity index (χ0) is 16.6. The Morgan fingerprint density at radius 3 is 2.74 bits per heavy atom. The van der Waals surface area contributed by atoms with Crippen LogP contribution >= 0.6 is 23.2 Å². The van der Waals surface area contributed by atoms with Crippen LogP contribution in [0.1, 0.15) is 28.0 Å². The Balaban J connectivity index is 1.71. The third kappa shape index (κ3) is 3.19. The molecule has 1 aliphatic rings. The Labute approximate surface area is 146 Å². The van der Waals surface area contributed by atoms with Crippen LogP contribution in [0, 0.1) is 0 Å². The van der Waals surface area contributed by atoms with Crippen molar-refractivity contribution in [1.29, 1.82) is 0 Å². The summed E-state index contributed by atoms with van der Waals surface area (Å²) in [5.74, 6) is -0.184. The maximum atomic E-state index is 12.3. The molecule has 1 N–H and O–H groups in total. The van der Waals surface area contributed by atoms with Crippen molar-refractivity contribution in [1.82, 2.24) is 9.88 Å². The lowest BCUT2D eigenvalue weighted by Gasteiger charge is -2.27. The predicted octanol–water partition coefficient (Wildman–Crippen LogP) is 3.64. The van der Waals surface area contributed by atoms with Gasteiger partial charge in [-0.2, -0.15) is 0 Å². The number of rotatable bonds is 3. The third-order valence-electron chi connectivity index (χ3n) is 4.30. The number of carbonyl (C=O) groups is 1. The highest BCUT2D eigenvalue weighted by molar-refractivity contribution is 6.41. The van der Waals surface area contributed by atoms with Gasteiger partial charge in [-0.15, -0.1) is 0 Å². The van der Waals surface area contributed by atoms with Crippen LogP contribution in [0.3, 0.4) is 0 Å². The van der Waals surface area contributed by atoms with E-state index in [2.05, 4.69) is 35.5 Å². The zero-order valence-electron chi connectivity index (χ0n) is 13.2. The number of hydrogen-bond acceptors (Lipinski definition) is 2. The molecule has 0 fully saturated rings. The summed E-state index contributed by atoms with van der Waals surface area (Å²) < 4.78 is 1.58. The van der Waals surface area contributed by atoms with Gasteiger partial charge < -0.3 is 14.8 Å². The van der Waals surface area contributed by atoms with Crippen molar-refractivity contribution in [3.63, 3.8) is 0 Å². The number of hydrogen-bond donors (Lipinski definition) is 1. The summed E-state index contributed by atoms with van der Waals surface area (Å²) in [6.45, 7) is 1.58. The van der Waals surface area contributed by atoms with Gasteiger partial charge in [-0.3, -0.25) is 4.79 Å². The maximum absolute atomic E-state index is 12.3. The summed E-state index contributed by atoms with van der Waals surface area (Å²) in [6.07, 6.45) is 2.25. The average Bonchev–Trinajstić information content (AvgIpc) is 2.80. The number of amides is 1. The summed E-state index contributed by atoms with van der Waals surface area (Å²) >= 11 is 12.0. The molecule has 1 aromatic heterocycles. The average molecular weight is 352 g/mol. The summed E-state index contributed by atoms with van der Waals surface area (Å²) in [5, 5.41) is 3.68. The van der Waals surface area contributed by atoms with Crippen molar-refractivity contribution in [2.45, 2.75) is 19.4 Å². The topological polar surface area (TPSA) is 37.3 Å². The Morgan fingerprint density at radius 1 is 1.26 bits per heavy atom. The van der Waals surface area contributed by atoms with Gasteiger partial charge in [0, 0.05) is 32.9 Å².